The van der Waals surface area contributed by atoms with Gasteiger partial charge in [0.25, 0.3) is 5.56 Å². The molecular formula is C21H20N4O3S2. The summed E-state index contributed by atoms with van der Waals surface area (Å²) in [6, 6.07) is 10.0. The molecule has 0 radical (unpaired) electrons. The summed E-state index contributed by atoms with van der Waals surface area (Å²) in [5, 5.41) is 18.9. The number of carboxylic acid groups (broad SMARTS) is 1. The molecule has 0 saturated heterocycles. The first-order valence-corrected chi connectivity index (χ1v) is 11.7. The number of nitrogens with zero attached hydrogens (tertiary/aromatic N) is 4. The van der Waals surface area contributed by atoms with Gasteiger partial charge in [-0.15, -0.1) is 21.5 Å². The SMILES string of the molecule is O=C(O)CSc1nnc2n(CCc3ccccc3)c(=O)c3c4c(sc3n12)CCCC4. The predicted molar refractivity (Wildman–Crippen MR) is 118 cm³/mol. The quantitative estimate of drug-likeness (QED) is 0.462. The zero-order valence-electron chi connectivity index (χ0n) is 16.2. The lowest BCUT2D eigenvalue weighted by Crippen LogP contribution is -2.24. The molecule has 0 atom stereocenters. The predicted octanol–water partition coefficient (Wildman–Crippen LogP) is 3.40. The molecule has 3 aromatic heterocycles. The highest BCUT2D eigenvalue weighted by Gasteiger charge is 2.25. The van der Waals surface area contributed by atoms with Crippen molar-refractivity contribution in [3.05, 3.63) is 56.7 Å². The molecule has 1 N–H and O–H groups in total. The van der Waals surface area contributed by atoms with Crippen molar-refractivity contribution in [3.63, 3.8) is 0 Å². The average molecular weight is 441 g/mol. The Morgan fingerprint density at radius 3 is 2.77 bits per heavy atom. The van der Waals surface area contributed by atoms with Gasteiger partial charge in [-0.3, -0.25) is 14.2 Å². The molecule has 1 aromatic carbocycles. The van der Waals surface area contributed by atoms with Gasteiger partial charge in [0.05, 0.1) is 11.1 Å². The van der Waals surface area contributed by atoms with Crippen molar-refractivity contribution in [3.8, 4) is 0 Å². The molecule has 1 aliphatic carbocycles. The third-order valence-electron chi connectivity index (χ3n) is 5.46. The number of carboxylic acids is 1. The number of carbonyl (C=O) groups is 1. The van der Waals surface area contributed by atoms with Gasteiger partial charge < -0.3 is 5.11 Å². The molecule has 154 valence electrons. The van der Waals surface area contributed by atoms with E-state index in [9.17, 15) is 9.59 Å². The molecule has 0 saturated carbocycles. The van der Waals surface area contributed by atoms with Crippen LogP contribution in [0, 0.1) is 0 Å². The summed E-state index contributed by atoms with van der Waals surface area (Å²) < 4.78 is 3.59. The molecule has 30 heavy (non-hydrogen) atoms. The number of thioether (sulfide) groups is 1. The van der Waals surface area contributed by atoms with Crippen molar-refractivity contribution in [2.75, 3.05) is 5.75 Å². The number of aromatic nitrogens is 4. The Kier molecular flexibility index (Phi) is 5.08. The highest BCUT2D eigenvalue weighted by atomic mass is 32.2. The Labute approximate surface area is 180 Å². The first-order chi connectivity index (χ1) is 14.6. The second kappa shape index (κ2) is 7.88. The van der Waals surface area contributed by atoms with Crippen molar-refractivity contribution < 1.29 is 9.90 Å². The van der Waals surface area contributed by atoms with Crippen molar-refractivity contribution in [1.29, 1.82) is 0 Å². The summed E-state index contributed by atoms with van der Waals surface area (Å²) in [5.74, 6) is -0.526. The van der Waals surface area contributed by atoms with Gasteiger partial charge in [0.2, 0.25) is 5.78 Å². The van der Waals surface area contributed by atoms with Crippen molar-refractivity contribution in [2.45, 2.75) is 43.8 Å². The fourth-order valence-electron chi connectivity index (χ4n) is 4.08. The average Bonchev–Trinajstić information content (AvgIpc) is 3.34. The molecular weight excluding hydrogens is 420 g/mol. The van der Waals surface area contributed by atoms with E-state index in [0.29, 0.717) is 23.9 Å². The summed E-state index contributed by atoms with van der Waals surface area (Å²) >= 11 is 2.76. The van der Waals surface area contributed by atoms with Gasteiger partial charge in [-0.05, 0) is 43.2 Å². The zero-order valence-corrected chi connectivity index (χ0v) is 17.8. The van der Waals surface area contributed by atoms with Gasteiger partial charge in [-0.1, -0.05) is 42.1 Å². The fraction of sp³-hybridized carbons (Fsp3) is 0.333. The molecule has 0 aliphatic heterocycles. The molecule has 0 bridgehead atoms. The van der Waals surface area contributed by atoms with Crippen LogP contribution < -0.4 is 5.56 Å². The maximum atomic E-state index is 13.6. The molecule has 9 heteroatoms. The highest BCUT2D eigenvalue weighted by Crippen LogP contribution is 2.36. The van der Waals surface area contributed by atoms with Gasteiger partial charge in [-0.25, -0.2) is 4.40 Å². The Hall–Kier alpha value is -2.65. The van der Waals surface area contributed by atoms with Gasteiger partial charge >= 0.3 is 5.97 Å². The molecule has 7 nitrogen and oxygen atoms in total. The maximum Gasteiger partial charge on any atom is 0.313 e. The van der Waals surface area contributed by atoms with Crippen LogP contribution in [-0.2, 0) is 30.6 Å². The number of aryl methyl sites for hydroxylation is 4. The minimum atomic E-state index is -0.907. The first-order valence-electron chi connectivity index (χ1n) is 9.94. The summed E-state index contributed by atoms with van der Waals surface area (Å²) in [6.45, 7) is 0.495. The Balaban J connectivity index is 1.70. The summed E-state index contributed by atoms with van der Waals surface area (Å²) in [7, 11) is 0. The maximum absolute atomic E-state index is 13.6. The largest absolute Gasteiger partial charge is 0.481 e. The molecule has 0 fully saturated rings. The van der Waals surface area contributed by atoms with Crippen LogP contribution in [0.2, 0.25) is 0 Å². The standard InChI is InChI=1S/C21H20N4O3S2/c26-16(27)12-29-21-23-22-20-24(11-10-13-6-2-1-3-7-13)18(28)17-14-8-4-5-9-15(14)30-19(17)25(20)21/h1-3,6-7H,4-5,8-12H2,(H,26,27). The molecule has 0 amide bonds. The lowest BCUT2D eigenvalue weighted by molar-refractivity contribution is -0.133. The second-order valence-electron chi connectivity index (χ2n) is 7.38. The van der Waals surface area contributed by atoms with Crippen molar-refractivity contribution in [1.82, 2.24) is 19.2 Å². The van der Waals surface area contributed by atoms with Gasteiger partial charge in [0.1, 0.15) is 4.83 Å². The molecule has 0 spiro atoms. The van der Waals surface area contributed by atoms with Gasteiger partial charge in [0.15, 0.2) is 5.16 Å². The zero-order chi connectivity index (χ0) is 20.7. The summed E-state index contributed by atoms with van der Waals surface area (Å²) in [5.41, 5.74) is 2.29. The van der Waals surface area contributed by atoms with E-state index in [0.717, 1.165) is 58.8 Å². The van der Waals surface area contributed by atoms with E-state index in [1.165, 1.54) is 4.88 Å². The van der Waals surface area contributed by atoms with E-state index in [1.54, 1.807) is 15.9 Å². The third kappa shape index (κ3) is 3.31. The molecule has 0 unspecified atom stereocenters. The number of thiophene rings is 1. The van der Waals surface area contributed by atoms with Crippen LogP contribution in [-0.4, -0.2) is 36.0 Å². The molecule has 5 rings (SSSR count). The summed E-state index contributed by atoms with van der Waals surface area (Å²) in [6.07, 6.45) is 4.82. The van der Waals surface area contributed by atoms with E-state index in [4.69, 9.17) is 5.11 Å². The second-order valence-corrected chi connectivity index (χ2v) is 9.41. The van der Waals surface area contributed by atoms with Gasteiger partial charge in [0, 0.05) is 11.4 Å². The number of benzene rings is 1. The molecule has 4 aromatic rings. The van der Waals surface area contributed by atoms with Crippen LogP contribution in [0.5, 0.6) is 0 Å². The number of rotatable bonds is 6. The van der Waals surface area contributed by atoms with Crippen LogP contribution in [0.15, 0.2) is 40.3 Å². The van der Waals surface area contributed by atoms with Gasteiger partial charge in [-0.2, -0.15) is 0 Å². The number of hydrogen-bond acceptors (Lipinski definition) is 6. The van der Waals surface area contributed by atoms with E-state index in [1.807, 2.05) is 34.7 Å². The van der Waals surface area contributed by atoms with Crippen LogP contribution in [0.3, 0.4) is 0 Å². The summed E-state index contributed by atoms with van der Waals surface area (Å²) in [4.78, 5) is 26.8. The van der Waals surface area contributed by atoms with Crippen LogP contribution in [0.25, 0.3) is 16.0 Å². The fourth-order valence-corrected chi connectivity index (χ4v) is 6.17. The molecule has 1 aliphatic rings. The van der Waals surface area contributed by atoms with E-state index in [2.05, 4.69) is 10.2 Å². The van der Waals surface area contributed by atoms with Crippen LogP contribution in [0.1, 0.15) is 28.8 Å². The topological polar surface area (TPSA) is 89.5 Å². The van der Waals surface area contributed by atoms with Crippen LogP contribution >= 0.6 is 23.1 Å². The van der Waals surface area contributed by atoms with E-state index in [-0.39, 0.29) is 11.3 Å². The Morgan fingerprint density at radius 1 is 1.17 bits per heavy atom. The first kappa shape index (κ1) is 19.3. The minimum Gasteiger partial charge on any atom is -0.481 e. The number of hydrogen-bond donors (Lipinski definition) is 1. The van der Waals surface area contributed by atoms with E-state index < -0.39 is 5.97 Å². The Bertz CT molecular complexity index is 1310. The number of aliphatic carboxylic acids is 1. The normalized spacial score (nSPS) is 13.7. The minimum absolute atomic E-state index is 0.0185. The lowest BCUT2D eigenvalue weighted by Gasteiger charge is -2.12. The van der Waals surface area contributed by atoms with E-state index >= 15 is 0 Å². The monoisotopic (exact) mass is 440 g/mol. The smallest absolute Gasteiger partial charge is 0.313 e. The molecule has 3 heterocycles. The number of fused-ring (bicyclic) bond motifs is 5. The van der Waals surface area contributed by atoms with Crippen LogP contribution in [0.4, 0.5) is 0 Å². The third-order valence-corrected chi connectivity index (χ3v) is 7.65. The lowest BCUT2D eigenvalue weighted by atomic mass is 9.97. The highest BCUT2D eigenvalue weighted by molar-refractivity contribution is 7.99. The van der Waals surface area contributed by atoms with Crippen molar-refractivity contribution >= 4 is 45.1 Å². The van der Waals surface area contributed by atoms with Crippen molar-refractivity contribution in [2.24, 2.45) is 0 Å². The Morgan fingerprint density at radius 2 is 1.97 bits per heavy atom.